The van der Waals surface area contributed by atoms with Crippen molar-refractivity contribution >= 4 is 15.7 Å². The number of sulfonamides is 1. The second-order valence-electron chi connectivity index (χ2n) is 5.08. The van der Waals surface area contributed by atoms with E-state index in [2.05, 4.69) is 4.72 Å². The van der Waals surface area contributed by atoms with E-state index in [1.165, 1.54) is 0 Å². The van der Waals surface area contributed by atoms with Crippen molar-refractivity contribution in [1.29, 1.82) is 0 Å². The van der Waals surface area contributed by atoms with Crippen LogP contribution >= 0.6 is 0 Å². The van der Waals surface area contributed by atoms with Gasteiger partial charge in [-0.25, -0.2) is 13.1 Å². The Morgan fingerprint density at radius 2 is 1.83 bits per heavy atom. The molecular formula is C13H20N2O2S. The van der Waals surface area contributed by atoms with Crippen LogP contribution in [0.15, 0.2) is 17.0 Å². The molecule has 0 saturated heterocycles. The minimum Gasteiger partial charge on any atom is -0.398 e. The number of hydrogen-bond acceptors (Lipinski definition) is 3. The van der Waals surface area contributed by atoms with Gasteiger partial charge in [-0.3, -0.25) is 0 Å². The van der Waals surface area contributed by atoms with Gasteiger partial charge in [0.2, 0.25) is 10.0 Å². The van der Waals surface area contributed by atoms with Crippen molar-refractivity contribution in [2.75, 3.05) is 5.73 Å². The molecule has 0 heterocycles. The van der Waals surface area contributed by atoms with E-state index in [4.69, 9.17) is 5.73 Å². The fraction of sp³-hybridized carbons (Fsp3) is 0.538. The van der Waals surface area contributed by atoms with Gasteiger partial charge in [0.25, 0.3) is 0 Å². The molecule has 0 aliphatic heterocycles. The Hall–Kier alpha value is -1.07. The van der Waals surface area contributed by atoms with E-state index in [9.17, 15) is 8.42 Å². The number of hydrogen-bond donors (Lipinski definition) is 2. The number of aryl methyl sites for hydroxylation is 1. The molecule has 0 unspecified atom stereocenters. The highest BCUT2D eigenvalue weighted by Gasteiger charge is 2.24. The predicted octanol–water partition coefficient (Wildman–Crippen LogP) is 2.11. The second-order valence-corrected chi connectivity index (χ2v) is 6.76. The first-order chi connectivity index (χ1) is 8.40. The third-order valence-corrected chi connectivity index (χ3v) is 5.16. The van der Waals surface area contributed by atoms with Crippen LogP contribution < -0.4 is 10.5 Å². The van der Waals surface area contributed by atoms with E-state index in [-0.39, 0.29) is 6.04 Å². The molecular weight excluding hydrogens is 248 g/mol. The highest BCUT2D eigenvalue weighted by Crippen LogP contribution is 2.25. The summed E-state index contributed by atoms with van der Waals surface area (Å²) in [5.41, 5.74) is 7.86. The van der Waals surface area contributed by atoms with Crippen LogP contribution in [0.25, 0.3) is 0 Å². The van der Waals surface area contributed by atoms with Gasteiger partial charge in [0.15, 0.2) is 0 Å². The van der Waals surface area contributed by atoms with Crippen molar-refractivity contribution in [2.45, 2.75) is 50.5 Å². The fourth-order valence-electron chi connectivity index (χ4n) is 2.46. The molecule has 0 amide bonds. The zero-order valence-electron chi connectivity index (χ0n) is 10.9. The van der Waals surface area contributed by atoms with E-state index in [1.807, 2.05) is 6.92 Å². The SMILES string of the molecule is Cc1cc(N)c(C)c(S(=O)(=O)NC2CCCC2)c1. The highest BCUT2D eigenvalue weighted by molar-refractivity contribution is 7.89. The van der Waals surface area contributed by atoms with Crippen LogP contribution in [0.3, 0.4) is 0 Å². The van der Waals surface area contributed by atoms with Crippen molar-refractivity contribution in [3.8, 4) is 0 Å². The molecule has 0 aromatic heterocycles. The Morgan fingerprint density at radius 3 is 2.44 bits per heavy atom. The van der Waals surface area contributed by atoms with E-state index < -0.39 is 10.0 Å². The average Bonchev–Trinajstić information content (AvgIpc) is 2.75. The standard InChI is InChI=1S/C13H20N2O2S/c1-9-7-12(14)10(2)13(8-9)18(16,17)15-11-5-3-4-6-11/h7-8,11,15H,3-6,14H2,1-2H3. The van der Waals surface area contributed by atoms with Crippen LogP contribution in [0.4, 0.5) is 5.69 Å². The second kappa shape index (κ2) is 4.90. The van der Waals surface area contributed by atoms with E-state index in [1.54, 1.807) is 19.1 Å². The van der Waals surface area contributed by atoms with Gasteiger partial charge in [-0.05, 0) is 49.9 Å². The molecule has 0 atom stereocenters. The number of rotatable bonds is 3. The average molecular weight is 268 g/mol. The van der Waals surface area contributed by atoms with E-state index in [0.29, 0.717) is 16.1 Å². The molecule has 5 heteroatoms. The third-order valence-electron chi connectivity index (χ3n) is 3.51. The molecule has 0 bridgehead atoms. The summed E-state index contributed by atoms with van der Waals surface area (Å²) in [6.07, 6.45) is 4.06. The minimum atomic E-state index is -3.45. The van der Waals surface area contributed by atoms with Crippen LogP contribution in [0.5, 0.6) is 0 Å². The van der Waals surface area contributed by atoms with Crippen LogP contribution in [0.1, 0.15) is 36.8 Å². The van der Waals surface area contributed by atoms with Gasteiger partial charge in [-0.15, -0.1) is 0 Å². The van der Waals surface area contributed by atoms with Crippen molar-refractivity contribution in [3.05, 3.63) is 23.3 Å². The summed E-state index contributed by atoms with van der Waals surface area (Å²) in [5.74, 6) is 0. The summed E-state index contributed by atoms with van der Waals surface area (Å²) in [7, 11) is -3.45. The number of nitrogens with one attached hydrogen (secondary N) is 1. The molecule has 3 N–H and O–H groups in total. The van der Waals surface area contributed by atoms with Gasteiger partial charge in [0.1, 0.15) is 0 Å². The van der Waals surface area contributed by atoms with Crippen LogP contribution in [-0.2, 0) is 10.0 Å². The number of nitrogens with two attached hydrogens (primary N) is 1. The van der Waals surface area contributed by atoms with Crippen LogP contribution in [0.2, 0.25) is 0 Å². The fourth-order valence-corrected chi connectivity index (χ4v) is 4.12. The smallest absolute Gasteiger partial charge is 0.241 e. The molecule has 0 spiro atoms. The maximum atomic E-state index is 12.3. The molecule has 1 fully saturated rings. The molecule has 1 aliphatic carbocycles. The number of nitrogen functional groups attached to an aromatic ring is 1. The van der Waals surface area contributed by atoms with Gasteiger partial charge < -0.3 is 5.73 Å². The van der Waals surface area contributed by atoms with Crippen LogP contribution in [0, 0.1) is 13.8 Å². The zero-order valence-corrected chi connectivity index (χ0v) is 11.7. The van der Waals surface area contributed by atoms with E-state index >= 15 is 0 Å². The van der Waals surface area contributed by atoms with Crippen LogP contribution in [-0.4, -0.2) is 14.5 Å². The molecule has 1 aromatic carbocycles. The lowest BCUT2D eigenvalue weighted by Crippen LogP contribution is -2.33. The summed E-state index contributed by atoms with van der Waals surface area (Å²) in [6.45, 7) is 3.60. The van der Waals surface area contributed by atoms with Crippen molar-refractivity contribution in [2.24, 2.45) is 0 Å². The maximum Gasteiger partial charge on any atom is 0.241 e. The first kappa shape index (κ1) is 13.4. The van der Waals surface area contributed by atoms with Gasteiger partial charge in [0, 0.05) is 11.7 Å². The number of benzene rings is 1. The molecule has 1 aliphatic rings. The molecule has 100 valence electrons. The highest BCUT2D eigenvalue weighted by atomic mass is 32.2. The predicted molar refractivity (Wildman–Crippen MR) is 72.9 cm³/mol. The zero-order chi connectivity index (χ0) is 13.3. The molecule has 1 saturated carbocycles. The molecule has 0 radical (unpaired) electrons. The summed E-state index contributed by atoms with van der Waals surface area (Å²) in [5, 5.41) is 0. The van der Waals surface area contributed by atoms with E-state index in [0.717, 1.165) is 31.2 Å². The summed E-state index contributed by atoms with van der Waals surface area (Å²) >= 11 is 0. The Bertz CT molecular complexity index is 546. The lowest BCUT2D eigenvalue weighted by Gasteiger charge is -2.15. The largest absolute Gasteiger partial charge is 0.398 e. The lowest BCUT2D eigenvalue weighted by molar-refractivity contribution is 0.551. The molecule has 4 nitrogen and oxygen atoms in total. The monoisotopic (exact) mass is 268 g/mol. The van der Waals surface area contributed by atoms with Gasteiger partial charge in [0.05, 0.1) is 4.90 Å². The Kier molecular flexibility index (Phi) is 3.64. The molecule has 2 rings (SSSR count). The molecule has 18 heavy (non-hydrogen) atoms. The quantitative estimate of drug-likeness (QED) is 0.825. The minimum absolute atomic E-state index is 0.0798. The van der Waals surface area contributed by atoms with Gasteiger partial charge in [-0.1, -0.05) is 12.8 Å². The first-order valence-electron chi connectivity index (χ1n) is 6.29. The summed E-state index contributed by atoms with van der Waals surface area (Å²) in [4.78, 5) is 0.312. The topological polar surface area (TPSA) is 72.2 Å². The van der Waals surface area contributed by atoms with Crippen molar-refractivity contribution < 1.29 is 8.42 Å². The Morgan fingerprint density at radius 1 is 1.22 bits per heavy atom. The van der Waals surface area contributed by atoms with Crippen molar-refractivity contribution in [1.82, 2.24) is 4.72 Å². The Balaban J connectivity index is 2.34. The lowest BCUT2D eigenvalue weighted by atomic mass is 10.1. The summed E-state index contributed by atoms with van der Waals surface area (Å²) < 4.78 is 27.5. The third kappa shape index (κ3) is 2.67. The normalized spacial score (nSPS) is 17.2. The number of anilines is 1. The first-order valence-corrected chi connectivity index (χ1v) is 7.77. The summed E-state index contributed by atoms with van der Waals surface area (Å²) in [6, 6.07) is 3.56. The van der Waals surface area contributed by atoms with Gasteiger partial charge >= 0.3 is 0 Å². The Labute approximate surface area is 109 Å². The van der Waals surface area contributed by atoms with Crippen molar-refractivity contribution in [3.63, 3.8) is 0 Å². The maximum absolute atomic E-state index is 12.3. The van der Waals surface area contributed by atoms with Gasteiger partial charge in [-0.2, -0.15) is 0 Å². The molecule has 1 aromatic rings.